The van der Waals surface area contributed by atoms with Crippen LogP contribution in [-0.2, 0) is 24.3 Å². The molecule has 6 nitrogen and oxygen atoms in total. The molecule has 1 amide bonds. The van der Waals surface area contributed by atoms with Gasteiger partial charge in [0.2, 0.25) is 0 Å². The minimum absolute atomic E-state index is 0.248. The summed E-state index contributed by atoms with van der Waals surface area (Å²) >= 11 is 0. The number of rotatable bonds is 6. The Hall–Kier alpha value is -2.77. The SMILES string of the molecule is O=C1c2ncc3c(c(COCC4CCC4)cn3Cc3ccc(F)cc3)c2CCN1O. The molecule has 0 spiro atoms. The number of benzene rings is 1. The summed E-state index contributed by atoms with van der Waals surface area (Å²) in [7, 11) is 0. The highest BCUT2D eigenvalue weighted by atomic mass is 19.1. The third-order valence-corrected chi connectivity index (χ3v) is 6.21. The molecule has 1 N–H and O–H groups in total. The highest BCUT2D eigenvalue weighted by Gasteiger charge is 2.28. The minimum Gasteiger partial charge on any atom is -0.376 e. The monoisotopic (exact) mass is 409 g/mol. The molecule has 1 fully saturated rings. The molecule has 1 aliphatic carbocycles. The van der Waals surface area contributed by atoms with Crippen molar-refractivity contribution >= 4 is 16.8 Å². The number of ether oxygens (including phenoxy) is 1. The maximum Gasteiger partial charge on any atom is 0.296 e. The van der Waals surface area contributed by atoms with Crippen LogP contribution in [0.25, 0.3) is 10.9 Å². The first-order valence-corrected chi connectivity index (χ1v) is 10.4. The van der Waals surface area contributed by atoms with Crippen LogP contribution in [0.1, 0.15) is 46.4 Å². The van der Waals surface area contributed by atoms with E-state index in [2.05, 4.69) is 9.55 Å². The third-order valence-electron chi connectivity index (χ3n) is 6.21. The molecule has 5 rings (SSSR count). The molecule has 2 aromatic heterocycles. The summed E-state index contributed by atoms with van der Waals surface area (Å²) in [4.78, 5) is 16.8. The number of halogens is 1. The fraction of sp³-hybridized carbons (Fsp3) is 0.391. The summed E-state index contributed by atoms with van der Waals surface area (Å²) < 4.78 is 21.4. The molecule has 3 aromatic rings. The van der Waals surface area contributed by atoms with Crippen LogP contribution in [0.4, 0.5) is 4.39 Å². The molecule has 0 saturated heterocycles. The van der Waals surface area contributed by atoms with Gasteiger partial charge < -0.3 is 9.30 Å². The van der Waals surface area contributed by atoms with E-state index in [1.165, 1.54) is 31.4 Å². The number of nitrogens with zero attached hydrogens (tertiary/aromatic N) is 3. The Balaban J connectivity index is 1.53. The van der Waals surface area contributed by atoms with Crippen LogP contribution < -0.4 is 0 Å². The summed E-state index contributed by atoms with van der Waals surface area (Å²) in [5.41, 5.74) is 4.08. The van der Waals surface area contributed by atoms with Crippen LogP contribution in [0.15, 0.2) is 36.7 Å². The summed E-state index contributed by atoms with van der Waals surface area (Å²) in [5.74, 6) is -0.0764. The fourth-order valence-corrected chi connectivity index (χ4v) is 4.33. The molecule has 0 bridgehead atoms. The quantitative estimate of drug-likeness (QED) is 0.627. The maximum atomic E-state index is 13.3. The van der Waals surface area contributed by atoms with Crippen molar-refractivity contribution in [3.05, 3.63) is 64.9 Å². The topological polar surface area (TPSA) is 67.6 Å². The van der Waals surface area contributed by atoms with Crippen molar-refractivity contribution in [2.75, 3.05) is 13.2 Å². The summed E-state index contributed by atoms with van der Waals surface area (Å²) in [6, 6.07) is 6.45. The van der Waals surface area contributed by atoms with Crippen LogP contribution in [0, 0.1) is 11.7 Å². The molecule has 156 valence electrons. The smallest absolute Gasteiger partial charge is 0.296 e. The van der Waals surface area contributed by atoms with Gasteiger partial charge in [-0.15, -0.1) is 0 Å². The van der Waals surface area contributed by atoms with Crippen LogP contribution in [0.5, 0.6) is 0 Å². The highest BCUT2D eigenvalue weighted by molar-refractivity contribution is 6.00. The Kier molecular flexibility index (Phi) is 5.00. The molecule has 2 aliphatic rings. The number of amides is 1. The number of fused-ring (bicyclic) bond motifs is 3. The van der Waals surface area contributed by atoms with Gasteiger partial charge >= 0.3 is 0 Å². The average molecular weight is 409 g/mol. The Bertz CT molecular complexity index is 1090. The van der Waals surface area contributed by atoms with Gasteiger partial charge in [-0.3, -0.25) is 10.0 Å². The third kappa shape index (κ3) is 3.48. The zero-order valence-electron chi connectivity index (χ0n) is 16.7. The lowest BCUT2D eigenvalue weighted by Crippen LogP contribution is -2.35. The van der Waals surface area contributed by atoms with Crippen molar-refractivity contribution in [1.82, 2.24) is 14.6 Å². The van der Waals surface area contributed by atoms with E-state index in [1.807, 2.05) is 6.20 Å². The van der Waals surface area contributed by atoms with Crippen molar-refractivity contribution < 1.29 is 19.1 Å². The molecule has 30 heavy (non-hydrogen) atoms. The predicted molar refractivity (Wildman–Crippen MR) is 109 cm³/mol. The Morgan fingerprint density at radius 3 is 2.77 bits per heavy atom. The van der Waals surface area contributed by atoms with E-state index < -0.39 is 5.91 Å². The normalized spacial score (nSPS) is 16.7. The van der Waals surface area contributed by atoms with Gasteiger partial charge in [0, 0.05) is 30.3 Å². The van der Waals surface area contributed by atoms with E-state index >= 15 is 0 Å². The Morgan fingerprint density at radius 1 is 1.23 bits per heavy atom. The number of pyridine rings is 1. The van der Waals surface area contributed by atoms with Gasteiger partial charge in [-0.05, 0) is 48.4 Å². The standard InChI is InChI=1S/C23H24FN3O3/c24-18-6-4-15(5-7-18)11-26-12-17(14-30-13-16-2-1-3-16)21-19-8-9-27(29)23(28)22(19)25-10-20(21)26/h4-7,10,12,16,29H,1-3,8-9,11,13-14H2. The molecule has 0 unspecified atom stereocenters. The van der Waals surface area contributed by atoms with Crippen LogP contribution in [0.2, 0.25) is 0 Å². The second-order valence-corrected chi connectivity index (χ2v) is 8.24. The number of carbonyl (C=O) groups excluding carboxylic acids is 1. The molecule has 0 radical (unpaired) electrons. The second-order valence-electron chi connectivity index (χ2n) is 8.24. The van der Waals surface area contributed by atoms with Crippen molar-refractivity contribution in [3.8, 4) is 0 Å². The average Bonchev–Trinajstić information content (AvgIpc) is 3.06. The number of hydrogen-bond donors (Lipinski definition) is 1. The van der Waals surface area contributed by atoms with Crippen LogP contribution in [0.3, 0.4) is 0 Å². The largest absolute Gasteiger partial charge is 0.376 e. The maximum absolute atomic E-state index is 13.3. The molecular weight excluding hydrogens is 385 g/mol. The number of aromatic nitrogens is 2. The summed E-state index contributed by atoms with van der Waals surface area (Å²) in [6.45, 7) is 2.04. The Morgan fingerprint density at radius 2 is 2.03 bits per heavy atom. The molecule has 1 aromatic carbocycles. The van der Waals surface area contributed by atoms with E-state index in [-0.39, 0.29) is 12.4 Å². The number of hydrogen-bond acceptors (Lipinski definition) is 4. The van der Waals surface area contributed by atoms with Gasteiger partial charge in [-0.2, -0.15) is 0 Å². The van der Waals surface area contributed by atoms with Gasteiger partial charge in [0.1, 0.15) is 11.5 Å². The van der Waals surface area contributed by atoms with E-state index in [9.17, 15) is 14.4 Å². The van der Waals surface area contributed by atoms with E-state index in [0.29, 0.717) is 31.2 Å². The molecule has 1 aliphatic heterocycles. The van der Waals surface area contributed by atoms with E-state index in [1.54, 1.807) is 18.3 Å². The summed E-state index contributed by atoms with van der Waals surface area (Å²) in [6.07, 6.45) is 8.01. The van der Waals surface area contributed by atoms with Crippen molar-refractivity contribution in [1.29, 1.82) is 0 Å². The molecule has 1 saturated carbocycles. The summed E-state index contributed by atoms with van der Waals surface area (Å²) in [5, 5.41) is 11.5. The lowest BCUT2D eigenvalue weighted by atomic mass is 9.86. The fourth-order valence-electron chi connectivity index (χ4n) is 4.33. The zero-order valence-corrected chi connectivity index (χ0v) is 16.7. The Labute approximate surface area is 173 Å². The number of hydroxylamine groups is 2. The van der Waals surface area contributed by atoms with E-state index in [0.717, 1.165) is 39.3 Å². The molecule has 3 heterocycles. The molecule has 0 atom stereocenters. The minimum atomic E-state index is -0.467. The van der Waals surface area contributed by atoms with Gasteiger partial charge in [-0.1, -0.05) is 18.6 Å². The molecule has 7 heteroatoms. The van der Waals surface area contributed by atoms with Crippen molar-refractivity contribution in [2.24, 2.45) is 5.92 Å². The van der Waals surface area contributed by atoms with Crippen LogP contribution >= 0.6 is 0 Å². The lowest BCUT2D eigenvalue weighted by Gasteiger charge is -2.25. The van der Waals surface area contributed by atoms with Gasteiger partial charge in [0.25, 0.3) is 5.91 Å². The van der Waals surface area contributed by atoms with Gasteiger partial charge in [-0.25, -0.2) is 14.4 Å². The van der Waals surface area contributed by atoms with Gasteiger partial charge in [0.05, 0.1) is 24.9 Å². The molecular formula is C23H24FN3O3. The first-order valence-electron chi connectivity index (χ1n) is 10.4. The zero-order chi connectivity index (χ0) is 20.7. The first kappa shape index (κ1) is 19.2. The highest BCUT2D eigenvalue weighted by Crippen LogP contribution is 2.32. The number of carbonyl (C=O) groups is 1. The van der Waals surface area contributed by atoms with Crippen LogP contribution in [-0.4, -0.2) is 38.9 Å². The lowest BCUT2D eigenvalue weighted by molar-refractivity contribution is -0.0606. The first-order chi connectivity index (χ1) is 14.6. The van der Waals surface area contributed by atoms with Crippen molar-refractivity contribution in [3.63, 3.8) is 0 Å². The van der Waals surface area contributed by atoms with Crippen molar-refractivity contribution in [2.45, 2.75) is 38.8 Å². The van der Waals surface area contributed by atoms with Gasteiger partial charge in [0.15, 0.2) is 0 Å². The second kappa shape index (κ2) is 7.81. The van der Waals surface area contributed by atoms with E-state index in [4.69, 9.17) is 4.74 Å². The predicted octanol–water partition coefficient (Wildman–Crippen LogP) is 3.93.